The number of hydrogen-bond donors (Lipinski definition) is 0. The van der Waals surface area contributed by atoms with Crippen molar-refractivity contribution in [2.24, 2.45) is 0 Å². The van der Waals surface area contributed by atoms with E-state index in [1.165, 1.54) is 0 Å². The van der Waals surface area contributed by atoms with Crippen molar-refractivity contribution in [3.05, 3.63) is 69.7 Å². The number of benzene rings is 2. The van der Waals surface area contributed by atoms with Crippen molar-refractivity contribution in [2.75, 3.05) is 0 Å². The largest absolute Gasteiger partial charge is 0.296 e. The molecule has 0 aliphatic rings. The van der Waals surface area contributed by atoms with Gasteiger partial charge in [0.1, 0.15) is 17.2 Å². The third-order valence-corrected chi connectivity index (χ3v) is 5.87. The molecule has 0 bridgehead atoms. The molecule has 0 spiro atoms. The molecule has 0 radical (unpaired) electrons. The van der Waals surface area contributed by atoms with Gasteiger partial charge in [-0.05, 0) is 49.7 Å². The maximum absolute atomic E-state index is 13.4. The highest BCUT2D eigenvalue weighted by atomic mass is 79.9. The van der Waals surface area contributed by atoms with Crippen molar-refractivity contribution in [2.45, 2.75) is 26.3 Å². The first-order valence-electron chi connectivity index (χ1n) is 9.52. The fourth-order valence-corrected chi connectivity index (χ4v) is 3.86. The highest BCUT2D eigenvalue weighted by Crippen LogP contribution is 2.29. The van der Waals surface area contributed by atoms with Crippen molar-refractivity contribution >= 4 is 49.2 Å². The van der Waals surface area contributed by atoms with Gasteiger partial charge in [0.05, 0.1) is 11.0 Å². The van der Waals surface area contributed by atoms with Gasteiger partial charge in [0.25, 0.3) is 5.56 Å². The molecule has 5 aromatic rings. The second-order valence-electron chi connectivity index (χ2n) is 7.11. The van der Waals surface area contributed by atoms with Crippen molar-refractivity contribution < 1.29 is 0 Å². The van der Waals surface area contributed by atoms with Crippen molar-refractivity contribution in [3.63, 3.8) is 0 Å². The van der Waals surface area contributed by atoms with E-state index < -0.39 is 0 Å². The van der Waals surface area contributed by atoms with Crippen molar-refractivity contribution in [3.8, 4) is 5.69 Å². The molecular formula is C22H18BrN5O. The smallest absolute Gasteiger partial charge is 0.265 e. The van der Waals surface area contributed by atoms with E-state index in [1.54, 1.807) is 10.9 Å². The number of para-hydroxylation sites is 2. The summed E-state index contributed by atoms with van der Waals surface area (Å²) in [6.45, 7) is 4.07. The summed E-state index contributed by atoms with van der Waals surface area (Å²) < 4.78 is 4.58. The topological polar surface area (TPSA) is 65.6 Å². The molecule has 7 heteroatoms. The van der Waals surface area contributed by atoms with E-state index in [4.69, 9.17) is 9.97 Å². The highest BCUT2D eigenvalue weighted by molar-refractivity contribution is 9.10. The lowest BCUT2D eigenvalue weighted by atomic mass is 10.2. The van der Waals surface area contributed by atoms with Gasteiger partial charge in [-0.1, -0.05) is 35.0 Å². The maximum atomic E-state index is 13.4. The van der Waals surface area contributed by atoms with Crippen LogP contribution in [0, 0.1) is 0 Å². The van der Waals surface area contributed by atoms with Crippen molar-refractivity contribution in [1.29, 1.82) is 0 Å². The number of rotatable bonds is 3. The zero-order chi connectivity index (χ0) is 20.1. The SMILES string of the molecule is CC[C@@H](C)n1cnc2c(c1=O)c1nc3ccccc3nc1n2-c1ccc(Br)cc1. The van der Waals surface area contributed by atoms with E-state index in [0.29, 0.717) is 22.2 Å². The third kappa shape index (κ3) is 2.76. The zero-order valence-electron chi connectivity index (χ0n) is 16.0. The summed E-state index contributed by atoms with van der Waals surface area (Å²) in [6.07, 6.45) is 2.47. The summed E-state index contributed by atoms with van der Waals surface area (Å²) in [5.74, 6) is 0. The van der Waals surface area contributed by atoms with E-state index in [1.807, 2.05) is 60.0 Å². The van der Waals surface area contributed by atoms with Gasteiger partial charge in [-0.2, -0.15) is 0 Å². The van der Waals surface area contributed by atoms with Gasteiger partial charge >= 0.3 is 0 Å². The minimum Gasteiger partial charge on any atom is -0.296 e. The first-order chi connectivity index (χ1) is 14.1. The van der Waals surface area contributed by atoms with Gasteiger partial charge in [-0.3, -0.25) is 13.9 Å². The van der Waals surface area contributed by atoms with E-state index in [0.717, 1.165) is 27.6 Å². The lowest BCUT2D eigenvalue weighted by Gasteiger charge is -2.12. The Morgan fingerprint density at radius 2 is 1.69 bits per heavy atom. The van der Waals surface area contributed by atoms with Crippen LogP contribution in [0.4, 0.5) is 0 Å². The maximum Gasteiger partial charge on any atom is 0.265 e. The number of fused-ring (bicyclic) bond motifs is 4. The molecule has 6 nitrogen and oxygen atoms in total. The predicted octanol–water partition coefficient (Wildman–Crippen LogP) is 5.02. The van der Waals surface area contributed by atoms with Crippen LogP contribution in [0.2, 0.25) is 0 Å². The Kier molecular flexibility index (Phi) is 4.20. The second-order valence-corrected chi connectivity index (χ2v) is 8.02. The van der Waals surface area contributed by atoms with Crippen LogP contribution in [0.1, 0.15) is 26.3 Å². The molecule has 5 rings (SSSR count). The first kappa shape index (κ1) is 18.0. The first-order valence-corrected chi connectivity index (χ1v) is 10.3. The van der Waals surface area contributed by atoms with Crippen LogP contribution >= 0.6 is 15.9 Å². The molecule has 0 aliphatic heterocycles. The van der Waals surface area contributed by atoms with Gasteiger partial charge in [0, 0.05) is 16.2 Å². The summed E-state index contributed by atoms with van der Waals surface area (Å²) >= 11 is 3.48. The average molecular weight is 448 g/mol. The molecule has 3 aromatic heterocycles. The minimum absolute atomic E-state index is 0.0545. The minimum atomic E-state index is -0.0882. The van der Waals surface area contributed by atoms with E-state index in [2.05, 4.69) is 27.8 Å². The number of hydrogen-bond acceptors (Lipinski definition) is 4. The Labute approximate surface area is 175 Å². The van der Waals surface area contributed by atoms with Crippen LogP contribution in [0.3, 0.4) is 0 Å². The quantitative estimate of drug-likeness (QED) is 0.389. The average Bonchev–Trinajstić information content (AvgIpc) is 3.06. The van der Waals surface area contributed by atoms with Gasteiger partial charge < -0.3 is 0 Å². The predicted molar refractivity (Wildman–Crippen MR) is 119 cm³/mol. The molecule has 0 amide bonds. The van der Waals surface area contributed by atoms with Gasteiger partial charge in [-0.15, -0.1) is 0 Å². The molecule has 0 saturated carbocycles. The van der Waals surface area contributed by atoms with E-state index in [9.17, 15) is 4.79 Å². The summed E-state index contributed by atoms with van der Waals surface area (Å²) in [6, 6.07) is 15.6. The van der Waals surface area contributed by atoms with Gasteiger partial charge in [0.2, 0.25) is 0 Å². The van der Waals surface area contributed by atoms with Gasteiger partial charge in [0.15, 0.2) is 11.3 Å². The summed E-state index contributed by atoms with van der Waals surface area (Å²) in [4.78, 5) is 27.7. The van der Waals surface area contributed by atoms with Gasteiger partial charge in [-0.25, -0.2) is 15.0 Å². The van der Waals surface area contributed by atoms with E-state index >= 15 is 0 Å². The number of aromatic nitrogens is 5. The lowest BCUT2D eigenvalue weighted by molar-refractivity contribution is 0.510. The summed E-state index contributed by atoms with van der Waals surface area (Å²) in [7, 11) is 0. The Balaban J connectivity index is 1.98. The van der Waals surface area contributed by atoms with Crippen LogP contribution < -0.4 is 5.56 Å². The standard InChI is InChI=1S/C22H18BrN5O/c1-3-13(2)27-12-24-20-18(22(27)29)19-21(26-17-7-5-4-6-16(17)25-19)28(20)15-10-8-14(23)9-11-15/h4-13H,3H2,1-2H3/t13-/m1/s1. The summed E-state index contributed by atoms with van der Waals surface area (Å²) in [5.41, 5.74) is 4.11. The number of nitrogens with zero attached hydrogens (tertiary/aromatic N) is 5. The molecular weight excluding hydrogens is 430 g/mol. The molecule has 144 valence electrons. The molecule has 1 atom stereocenters. The van der Waals surface area contributed by atoms with Crippen LogP contribution in [0.5, 0.6) is 0 Å². The van der Waals surface area contributed by atoms with Crippen LogP contribution in [0.25, 0.3) is 38.9 Å². The van der Waals surface area contributed by atoms with Crippen LogP contribution in [-0.2, 0) is 0 Å². The molecule has 29 heavy (non-hydrogen) atoms. The van der Waals surface area contributed by atoms with Crippen LogP contribution in [-0.4, -0.2) is 24.1 Å². The molecule has 0 unspecified atom stereocenters. The molecule has 0 saturated heterocycles. The molecule has 3 heterocycles. The molecule has 0 fully saturated rings. The monoisotopic (exact) mass is 447 g/mol. The van der Waals surface area contributed by atoms with Crippen molar-refractivity contribution in [1.82, 2.24) is 24.1 Å². The lowest BCUT2D eigenvalue weighted by Crippen LogP contribution is -2.23. The second kappa shape index (κ2) is 6.77. The van der Waals surface area contributed by atoms with E-state index in [-0.39, 0.29) is 11.6 Å². The molecule has 2 aromatic carbocycles. The Bertz CT molecular complexity index is 1440. The fraction of sp³-hybridized carbons (Fsp3) is 0.182. The Morgan fingerprint density at radius 1 is 1.00 bits per heavy atom. The highest BCUT2D eigenvalue weighted by Gasteiger charge is 2.21. The zero-order valence-corrected chi connectivity index (χ0v) is 17.6. The Hall–Kier alpha value is -3.06. The molecule has 0 aliphatic carbocycles. The molecule has 0 N–H and O–H groups in total. The number of halogens is 1. The van der Waals surface area contributed by atoms with Crippen LogP contribution in [0.15, 0.2) is 64.1 Å². The summed E-state index contributed by atoms with van der Waals surface area (Å²) in [5, 5.41) is 0.504. The Morgan fingerprint density at radius 3 is 2.38 bits per heavy atom. The normalized spacial score (nSPS) is 12.8. The fourth-order valence-electron chi connectivity index (χ4n) is 3.60. The third-order valence-electron chi connectivity index (χ3n) is 5.34.